The Bertz CT molecular complexity index is 1460. The summed E-state index contributed by atoms with van der Waals surface area (Å²) < 4.78 is 0. The lowest BCUT2D eigenvalue weighted by Gasteiger charge is -2.02. The van der Waals surface area contributed by atoms with Gasteiger partial charge in [0.25, 0.3) is 11.4 Å². The predicted molar refractivity (Wildman–Crippen MR) is 139 cm³/mol. The van der Waals surface area contributed by atoms with Crippen molar-refractivity contribution in [3.05, 3.63) is 139 Å². The third kappa shape index (κ3) is 4.45. The van der Waals surface area contributed by atoms with Gasteiger partial charge in [-0.2, -0.15) is 0 Å². The summed E-state index contributed by atoms with van der Waals surface area (Å²) in [7, 11) is 0. The first-order chi connectivity index (χ1) is 17.4. The highest BCUT2D eigenvalue weighted by molar-refractivity contribution is 6.22. The molecule has 1 aliphatic rings. The highest BCUT2D eigenvalue weighted by Crippen LogP contribution is 2.38. The second-order valence-electron chi connectivity index (χ2n) is 8.30. The van der Waals surface area contributed by atoms with E-state index in [9.17, 15) is 25.0 Å². The highest BCUT2D eigenvalue weighted by atomic mass is 16.6. The number of benzene rings is 4. The molecule has 0 N–H and O–H groups in total. The minimum absolute atomic E-state index is 0.0370. The van der Waals surface area contributed by atoms with E-state index in [0.29, 0.717) is 11.1 Å². The Hall–Kier alpha value is -5.17. The quantitative estimate of drug-likeness (QED) is 0.149. The number of carbonyl (C=O) groups is 1. The van der Waals surface area contributed by atoms with Crippen LogP contribution in [0.4, 0.5) is 11.4 Å². The van der Waals surface area contributed by atoms with E-state index in [1.54, 1.807) is 24.3 Å². The van der Waals surface area contributed by atoms with Crippen molar-refractivity contribution >= 4 is 41.5 Å². The third-order valence-corrected chi connectivity index (χ3v) is 6.01. The number of ketones is 1. The Morgan fingerprint density at radius 3 is 1.17 bits per heavy atom. The van der Waals surface area contributed by atoms with Crippen LogP contribution in [0.15, 0.2) is 84.9 Å². The Labute approximate surface area is 206 Å². The maximum atomic E-state index is 13.2. The summed E-state index contributed by atoms with van der Waals surface area (Å²) in [6.07, 6.45) is 7.43. The Balaban J connectivity index is 1.35. The van der Waals surface area contributed by atoms with Gasteiger partial charge in [0.1, 0.15) is 0 Å². The molecule has 5 rings (SSSR count). The van der Waals surface area contributed by atoms with Crippen molar-refractivity contribution in [2.75, 3.05) is 0 Å². The van der Waals surface area contributed by atoms with Gasteiger partial charge in [-0.3, -0.25) is 25.0 Å². The third-order valence-electron chi connectivity index (χ3n) is 6.01. The minimum atomic E-state index is -0.436. The first kappa shape index (κ1) is 22.6. The lowest BCUT2D eigenvalue weighted by atomic mass is 10.0. The molecule has 0 unspecified atom stereocenters. The topological polar surface area (TPSA) is 103 Å². The van der Waals surface area contributed by atoms with Crippen LogP contribution in [0.25, 0.3) is 35.4 Å². The van der Waals surface area contributed by atoms with Crippen LogP contribution in [0.1, 0.15) is 38.2 Å². The van der Waals surface area contributed by atoms with Crippen molar-refractivity contribution in [3.63, 3.8) is 0 Å². The number of rotatable bonds is 6. The Kier molecular flexibility index (Phi) is 5.80. The molecule has 0 saturated heterocycles. The minimum Gasteiger partial charge on any atom is -0.289 e. The standard InChI is InChI=1S/C29H18N2O5/c32-29-27-17-21(3-1-19-5-11-23(12-6-19)30(33)34)9-15-25(27)26-16-10-22(18-28(26)29)4-2-20-7-13-24(14-8-20)31(35)36/h1-18H. The summed E-state index contributed by atoms with van der Waals surface area (Å²) in [5.74, 6) is -0.0452. The summed E-state index contributed by atoms with van der Waals surface area (Å²) in [6, 6.07) is 24.0. The van der Waals surface area contributed by atoms with Crippen LogP contribution in [0.2, 0.25) is 0 Å². The smallest absolute Gasteiger partial charge is 0.269 e. The van der Waals surface area contributed by atoms with E-state index in [4.69, 9.17) is 0 Å². The average molecular weight is 474 g/mol. The maximum Gasteiger partial charge on any atom is 0.269 e. The number of nitro groups is 2. The van der Waals surface area contributed by atoms with Gasteiger partial charge in [-0.15, -0.1) is 0 Å². The Morgan fingerprint density at radius 2 is 0.806 bits per heavy atom. The van der Waals surface area contributed by atoms with Gasteiger partial charge in [0.05, 0.1) is 9.85 Å². The van der Waals surface area contributed by atoms with Crippen LogP contribution in [-0.4, -0.2) is 15.6 Å². The molecule has 0 heterocycles. The number of nitro benzene ring substituents is 2. The zero-order chi connectivity index (χ0) is 25.2. The van der Waals surface area contributed by atoms with E-state index < -0.39 is 9.85 Å². The fourth-order valence-corrected chi connectivity index (χ4v) is 4.12. The monoisotopic (exact) mass is 474 g/mol. The van der Waals surface area contributed by atoms with Gasteiger partial charge >= 0.3 is 0 Å². The molecular formula is C29H18N2O5. The second kappa shape index (κ2) is 9.23. The number of fused-ring (bicyclic) bond motifs is 3. The van der Waals surface area contributed by atoms with Crippen molar-refractivity contribution < 1.29 is 14.6 Å². The molecule has 4 aromatic rings. The number of non-ortho nitro benzene ring substituents is 2. The van der Waals surface area contributed by atoms with Crippen molar-refractivity contribution in [2.45, 2.75) is 0 Å². The zero-order valence-electron chi connectivity index (χ0n) is 18.8. The van der Waals surface area contributed by atoms with Crippen LogP contribution >= 0.6 is 0 Å². The van der Waals surface area contributed by atoms with E-state index >= 15 is 0 Å². The molecule has 0 amide bonds. The van der Waals surface area contributed by atoms with Crippen LogP contribution in [0.5, 0.6) is 0 Å². The fourth-order valence-electron chi connectivity index (χ4n) is 4.12. The van der Waals surface area contributed by atoms with Crippen molar-refractivity contribution in [1.29, 1.82) is 0 Å². The molecular weight excluding hydrogens is 456 g/mol. The highest BCUT2D eigenvalue weighted by Gasteiger charge is 2.26. The molecule has 0 spiro atoms. The maximum absolute atomic E-state index is 13.2. The van der Waals surface area contributed by atoms with Crippen LogP contribution in [0.3, 0.4) is 0 Å². The molecule has 0 saturated carbocycles. The van der Waals surface area contributed by atoms with Crippen molar-refractivity contribution in [2.24, 2.45) is 0 Å². The number of nitrogens with zero attached hydrogens (tertiary/aromatic N) is 2. The first-order valence-corrected chi connectivity index (χ1v) is 11.1. The molecule has 7 heteroatoms. The summed E-state index contributed by atoms with van der Waals surface area (Å²) in [5.41, 5.74) is 6.45. The zero-order valence-corrected chi connectivity index (χ0v) is 18.8. The molecule has 0 fully saturated rings. The van der Waals surface area contributed by atoms with Crippen molar-refractivity contribution in [1.82, 2.24) is 0 Å². The number of hydrogen-bond donors (Lipinski definition) is 0. The number of hydrogen-bond acceptors (Lipinski definition) is 5. The molecule has 7 nitrogen and oxygen atoms in total. The molecule has 0 bridgehead atoms. The largest absolute Gasteiger partial charge is 0.289 e. The van der Waals surface area contributed by atoms with Crippen LogP contribution < -0.4 is 0 Å². The van der Waals surface area contributed by atoms with Crippen molar-refractivity contribution in [3.8, 4) is 11.1 Å². The van der Waals surface area contributed by atoms with Gasteiger partial charge in [0.15, 0.2) is 5.78 Å². The van der Waals surface area contributed by atoms with E-state index in [-0.39, 0.29) is 17.2 Å². The summed E-state index contributed by atoms with van der Waals surface area (Å²) in [5, 5.41) is 21.6. The van der Waals surface area contributed by atoms with Gasteiger partial charge in [-0.1, -0.05) is 48.6 Å². The van der Waals surface area contributed by atoms with Gasteiger partial charge in [-0.05, 0) is 69.8 Å². The Morgan fingerprint density at radius 1 is 0.472 bits per heavy atom. The van der Waals surface area contributed by atoms with E-state index in [1.807, 2.05) is 60.7 Å². The summed E-state index contributed by atoms with van der Waals surface area (Å²) >= 11 is 0. The van der Waals surface area contributed by atoms with Gasteiger partial charge < -0.3 is 0 Å². The van der Waals surface area contributed by atoms with Crippen LogP contribution in [0, 0.1) is 20.2 Å². The lowest BCUT2D eigenvalue weighted by Crippen LogP contribution is -1.95. The molecule has 174 valence electrons. The molecule has 0 aromatic heterocycles. The van der Waals surface area contributed by atoms with Gasteiger partial charge in [0.2, 0.25) is 0 Å². The fraction of sp³-hybridized carbons (Fsp3) is 0. The van der Waals surface area contributed by atoms with Gasteiger partial charge in [-0.25, -0.2) is 0 Å². The average Bonchev–Trinajstić information content (AvgIpc) is 3.17. The molecule has 0 radical (unpaired) electrons. The first-order valence-electron chi connectivity index (χ1n) is 11.1. The molecule has 0 aliphatic heterocycles. The summed E-state index contributed by atoms with van der Waals surface area (Å²) in [6.45, 7) is 0. The molecule has 1 aliphatic carbocycles. The van der Waals surface area contributed by atoms with Gasteiger partial charge in [0, 0.05) is 35.4 Å². The van der Waals surface area contributed by atoms with Crippen LogP contribution in [-0.2, 0) is 0 Å². The molecule has 4 aromatic carbocycles. The van der Waals surface area contributed by atoms with E-state index in [2.05, 4.69) is 0 Å². The second-order valence-corrected chi connectivity index (χ2v) is 8.30. The summed E-state index contributed by atoms with van der Waals surface area (Å²) in [4.78, 5) is 33.9. The molecule has 36 heavy (non-hydrogen) atoms. The number of carbonyl (C=O) groups excluding carboxylic acids is 1. The van der Waals surface area contributed by atoms with E-state index in [0.717, 1.165) is 33.4 Å². The van der Waals surface area contributed by atoms with E-state index in [1.165, 1.54) is 24.3 Å². The predicted octanol–water partition coefficient (Wildman–Crippen LogP) is 7.06. The molecule has 0 atom stereocenters. The SMILES string of the molecule is O=C1c2cc(C=Cc3ccc([N+](=O)[O-])cc3)ccc2-c2ccc(C=Cc3ccc([N+](=O)[O-])cc3)cc21. The lowest BCUT2D eigenvalue weighted by molar-refractivity contribution is -0.385. The normalized spacial score (nSPS) is 12.2.